The molecule has 1 aliphatic heterocycles. The van der Waals surface area contributed by atoms with Gasteiger partial charge in [0, 0.05) is 11.3 Å². The van der Waals surface area contributed by atoms with Crippen molar-refractivity contribution in [1.29, 1.82) is 0 Å². The van der Waals surface area contributed by atoms with Crippen LogP contribution in [0.3, 0.4) is 0 Å². The molecule has 3 aromatic rings. The van der Waals surface area contributed by atoms with Gasteiger partial charge in [-0.3, -0.25) is 4.79 Å². The summed E-state index contributed by atoms with van der Waals surface area (Å²) in [6.45, 7) is 2.80. The van der Waals surface area contributed by atoms with Gasteiger partial charge in [0.2, 0.25) is 0 Å². The summed E-state index contributed by atoms with van der Waals surface area (Å²) in [6.07, 6.45) is -0.422. The number of carbonyl (C=O) groups excluding carboxylic acids is 1. The summed E-state index contributed by atoms with van der Waals surface area (Å²) < 4.78 is 17.0. The van der Waals surface area contributed by atoms with Crippen LogP contribution in [0.25, 0.3) is 0 Å². The van der Waals surface area contributed by atoms with Gasteiger partial charge in [-0.25, -0.2) is 0 Å². The zero-order chi connectivity index (χ0) is 21.8. The maximum absolute atomic E-state index is 13.4. The van der Waals surface area contributed by atoms with Crippen LogP contribution >= 0.6 is 0 Å². The van der Waals surface area contributed by atoms with Gasteiger partial charge in [-0.15, -0.1) is 0 Å². The second-order valence-corrected chi connectivity index (χ2v) is 7.34. The van der Waals surface area contributed by atoms with Crippen molar-refractivity contribution in [3.05, 3.63) is 83.4 Å². The third-order valence-corrected chi connectivity index (χ3v) is 5.37. The Kier molecular flexibility index (Phi) is 5.98. The topological polar surface area (TPSA) is 60.0 Å². The minimum Gasteiger partial charge on any atom is -0.493 e. The molecular formula is C25H26N2O4. The summed E-state index contributed by atoms with van der Waals surface area (Å²) in [7, 11) is 3.20. The van der Waals surface area contributed by atoms with Crippen molar-refractivity contribution in [3.63, 3.8) is 0 Å². The summed E-state index contributed by atoms with van der Waals surface area (Å²) in [5.41, 5.74) is 3.42. The predicted molar refractivity (Wildman–Crippen MR) is 120 cm³/mol. The molecule has 0 aromatic heterocycles. The first kappa shape index (κ1) is 20.6. The zero-order valence-electron chi connectivity index (χ0n) is 17.9. The maximum atomic E-state index is 13.4. The predicted octanol–water partition coefficient (Wildman–Crippen LogP) is 4.66. The second-order valence-electron chi connectivity index (χ2n) is 7.34. The van der Waals surface area contributed by atoms with Crippen molar-refractivity contribution < 1.29 is 19.0 Å². The van der Waals surface area contributed by atoms with Gasteiger partial charge in [0.15, 0.2) is 11.5 Å². The summed E-state index contributed by atoms with van der Waals surface area (Å²) in [5, 5.41) is 3.49. The van der Waals surface area contributed by atoms with Crippen LogP contribution in [0.2, 0.25) is 0 Å². The Morgan fingerprint density at radius 1 is 0.935 bits per heavy atom. The Morgan fingerprint density at radius 3 is 2.45 bits per heavy atom. The molecule has 3 aromatic carbocycles. The van der Waals surface area contributed by atoms with E-state index in [1.54, 1.807) is 19.1 Å². The molecule has 1 amide bonds. The van der Waals surface area contributed by atoms with Gasteiger partial charge >= 0.3 is 0 Å². The van der Waals surface area contributed by atoms with Crippen molar-refractivity contribution in [1.82, 2.24) is 4.90 Å². The van der Waals surface area contributed by atoms with Crippen molar-refractivity contribution in [3.8, 4) is 17.2 Å². The van der Waals surface area contributed by atoms with E-state index in [9.17, 15) is 4.79 Å². The molecule has 31 heavy (non-hydrogen) atoms. The molecule has 1 N–H and O–H groups in total. The number of amides is 1. The number of para-hydroxylation sites is 2. The number of anilines is 1. The van der Waals surface area contributed by atoms with E-state index in [0.29, 0.717) is 30.2 Å². The number of aryl methyl sites for hydroxylation is 1. The summed E-state index contributed by atoms with van der Waals surface area (Å²) >= 11 is 0. The van der Waals surface area contributed by atoms with Gasteiger partial charge in [-0.05, 0) is 37.3 Å². The van der Waals surface area contributed by atoms with E-state index in [4.69, 9.17) is 14.2 Å². The number of methoxy groups -OCH3 is 2. The van der Waals surface area contributed by atoms with Crippen LogP contribution < -0.4 is 19.5 Å². The molecule has 1 aliphatic rings. The number of nitrogens with one attached hydrogen (secondary N) is 1. The molecule has 0 bridgehead atoms. The van der Waals surface area contributed by atoms with Gasteiger partial charge < -0.3 is 24.4 Å². The lowest BCUT2D eigenvalue weighted by molar-refractivity contribution is 0.0648. The van der Waals surface area contributed by atoms with E-state index < -0.39 is 6.17 Å². The Morgan fingerprint density at radius 2 is 1.71 bits per heavy atom. The average Bonchev–Trinajstić information content (AvgIpc) is 2.81. The van der Waals surface area contributed by atoms with Crippen molar-refractivity contribution >= 4 is 11.6 Å². The van der Waals surface area contributed by atoms with Crippen LogP contribution in [0.1, 0.15) is 27.7 Å². The quantitative estimate of drug-likeness (QED) is 0.605. The molecule has 0 unspecified atom stereocenters. The largest absolute Gasteiger partial charge is 0.493 e. The fourth-order valence-corrected chi connectivity index (χ4v) is 3.79. The second kappa shape index (κ2) is 9.00. The van der Waals surface area contributed by atoms with E-state index in [1.165, 1.54) is 5.56 Å². The molecule has 0 spiro atoms. The number of nitrogens with zero attached hydrogens (tertiary/aromatic N) is 1. The molecular weight excluding hydrogens is 392 g/mol. The third kappa shape index (κ3) is 4.14. The Balaban J connectivity index is 1.64. The summed E-state index contributed by atoms with van der Waals surface area (Å²) in [5.74, 6) is 1.93. The number of hydrogen-bond acceptors (Lipinski definition) is 5. The minimum absolute atomic E-state index is 0.0586. The lowest BCUT2D eigenvalue weighted by atomic mass is 10.0. The van der Waals surface area contributed by atoms with Crippen molar-refractivity contribution in [2.45, 2.75) is 13.1 Å². The summed E-state index contributed by atoms with van der Waals surface area (Å²) in [6, 6.07) is 21.1. The van der Waals surface area contributed by atoms with Crippen LogP contribution in [-0.4, -0.2) is 38.2 Å². The SMILES string of the molecule is COc1cccc([C@H]2Nc3ccccc3C(=O)N2CCOc2ccc(C)cc2)c1OC. The number of carbonyl (C=O) groups is 1. The van der Waals surface area contributed by atoms with E-state index in [0.717, 1.165) is 17.0 Å². The molecule has 6 nitrogen and oxygen atoms in total. The van der Waals surface area contributed by atoms with Gasteiger partial charge in [0.1, 0.15) is 18.5 Å². The molecule has 0 saturated heterocycles. The number of ether oxygens (including phenoxy) is 3. The maximum Gasteiger partial charge on any atom is 0.257 e. The van der Waals surface area contributed by atoms with Crippen LogP contribution in [0.15, 0.2) is 66.7 Å². The van der Waals surface area contributed by atoms with Crippen LogP contribution in [0, 0.1) is 6.92 Å². The van der Waals surface area contributed by atoms with Gasteiger partial charge in [0.05, 0.1) is 26.3 Å². The number of rotatable bonds is 7. The fraction of sp³-hybridized carbons (Fsp3) is 0.240. The average molecular weight is 418 g/mol. The highest BCUT2D eigenvalue weighted by molar-refractivity contribution is 6.01. The van der Waals surface area contributed by atoms with E-state index in [1.807, 2.05) is 73.7 Å². The molecule has 0 fully saturated rings. The smallest absolute Gasteiger partial charge is 0.257 e. The van der Waals surface area contributed by atoms with Gasteiger partial charge in [0.25, 0.3) is 5.91 Å². The third-order valence-electron chi connectivity index (χ3n) is 5.37. The van der Waals surface area contributed by atoms with Crippen molar-refractivity contribution in [2.75, 3.05) is 32.7 Å². The fourth-order valence-electron chi connectivity index (χ4n) is 3.79. The first-order valence-corrected chi connectivity index (χ1v) is 10.2. The van der Waals surface area contributed by atoms with Gasteiger partial charge in [-0.1, -0.05) is 42.0 Å². The molecule has 4 rings (SSSR count). The molecule has 6 heteroatoms. The highest BCUT2D eigenvalue weighted by Gasteiger charge is 2.34. The Hall–Kier alpha value is -3.67. The molecule has 0 saturated carbocycles. The Labute approximate surface area is 182 Å². The molecule has 160 valence electrons. The number of hydrogen-bond donors (Lipinski definition) is 1. The normalized spacial score (nSPS) is 15.1. The summed E-state index contributed by atoms with van der Waals surface area (Å²) in [4.78, 5) is 15.2. The van der Waals surface area contributed by atoms with Crippen LogP contribution in [0.4, 0.5) is 5.69 Å². The number of benzene rings is 3. The Bertz CT molecular complexity index is 1070. The molecule has 1 heterocycles. The highest BCUT2D eigenvalue weighted by atomic mass is 16.5. The molecule has 1 atom stereocenters. The minimum atomic E-state index is -0.422. The van der Waals surface area contributed by atoms with E-state index in [-0.39, 0.29) is 5.91 Å². The van der Waals surface area contributed by atoms with E-state index in [2.05, 4.69) is 5.32 Å². The van der Waals surface area contributed by atoms with Gasteiger partial charge in [-0.2, -0.15) is 0 Å². The highest BCUT2D eigenvalue weighted by Crippen LogP contribution is 2.40. The first-order valence-electron chi connectivity index (χ1n) is 10.2. The van der Waals surface area contributed by atoms with Crippen molar-refractivity contribution in [2.24, 2.45) is 0 Å². The molecule has 0 aliphatic carbocycles. The monoisotopic (exact) mass is 418 g/mol. The first-order chi connectivity index (χ1) is 15.1. The van der Waals surface area contributed by atoms with E-state index >= 15 is 0 Å². The molecule has 0 radical (unpaired) electrons. The van der Waals surface area contributed by atoms with Crippen LogP contribution in [0.5, 0.6) is 17.2 Å². The zero-order valence-corrected chi connectivity index (χ0v) is 17.9. The lowest BCUT2D eigenvalue weighted by Gasteiger charge is -2.38. The van der Waals surface area contributed by atoms with Crippen LogP contribution in [-0.2, 0) is 0 Å². The lowest BCUT2D eigenvalue weighted by Crippen LogP contribution is -2.45. The number of fused-ring (bicyclic) bond motifs is 1. The standard InChI is InChI=1S/C25H26N2O4/c1-17-11-13-18(14-12-17)31-16-15-27-24(20-8-6-10-22(29-2)23(20)30-3)26-21-9-5-4-7-19(21)25(27)28/h4-14,24,26H,15-16H2,1-3H3/t24-/m0/s1.